The van der Waals surface area contributed by atoms with Crippen LogP contribution in [0.1, 0.15) is 44.2 Å². The summed E-state index contributed by atoms with van der Waals surface area (Å²) in [5, 5.41) is 3.25. The van der Waals surface area contributed by atoms with Gasteiger partial charge in [0, 0.05) is 16.1 Å². The Balaban J connectivity index is 2.51. The zero-order valence-electron chi connectivity index (χ0n) is 11.9. The SMILES string of the molecule is C=CCCCCCOc1cc(Br)ccc1C(C)NC. The highest BCUT2D eigenvalue weighted by molar-refractivity contribution is 9.10. The molecule has 0 radical (unpaired) electrons. The summed E-state index contributed by atoms with van der Waals surface area (Å²) < 4.78 is 6.98. The predicted octanol–water partition coefficient (Wildman–Crippen LogP) is 4.85. The molecule has 0 heterocycles. The van der Waals surface area contributed by atoms with Crippen molar-refractivity contribution in [2.75, 3.05) is 13.7 Å². The lowest BCUT2D eigenvalue weighted by atomic mass is 10.1. The lowest BCUT2D eigenvalue weighted by Crippen LogP contribution is -2.14. The normalized spacial score (nSPS) is 12.2. The molecular formula is C16H24BrNO. The molecule has 0 aliphatic rings. The van der Waals surface area contributed by atoms with Crippen molar-refractivity contribution in [3.05, 3.63) is 40.9 Å². The summed E-state index contributed by atoms with van der Waals surface area (Å²) in [5.74, 6) is 0.972. The van der Waals surface area contributed by atoms with Gasteiger partial charge in [-0.05, 0) is 51.8 Å². The lowest BCUT2D eigenvalue weighted by molar-refractivity contribution is 0.300. The maximum atomic E-state index is 5.93. The molecule has 3 heteroatoms. The van der Waals surface area contributed by atoms with Crippen molar-refractivity contribution in [1.82, 2.24) is 5.32 Å². The Kier molecular flexibility index (Phi) is 7.84. The monoisotopic (exact) mass is 325 g/mol. The molecule has 1 N–H and O–H groups in total. The highest BCUT2D eigenvalue weighted by Gasteiger charge is 2.10. The summed E-state index contributed by atoms with van der Waals surface area (Å²) in [6, 6.07) is 6.51. The van der Waals surface area contributed by atoms with Crippen LogP contribution in [-0.2, 0) is 0 Å². The molecule has 0 fully saturated rings. The summed E-state index contributed by atoms with van der Waals surface area (Å²) in [5.41, 5.74) is 1.21. The molecule has 1 rings (SSSR count). The fourth-order valence-electron chi connectivity index (χ4n) is 1.90. The molecule has 1 aromatic carbocycles. The van der Waals surface area contributed by atoms with E-state index in [-0.39, 0.29) is 0 Å². The van der Waals surface area contributed by atoms with Gasteiger partial charge in [0.05, 0.1) is 6.61 Å². The van der Waals surface area contributed by atoms with Gasteiger partial charge < -0.3 is 10.1 Å². The first-order valence-corrected chi connectivity index (χ1v) is 7.68. The third kappa shape index (κ3) is 5.79. The zero-order valence-corrected chi connectivity index (χ0v) is 13.5. The Morgan fingerprint density at radius 3 is 2.84 bits per heavy atom. The van der Waals surface area contributed by atoms with Crippen LogP contribution >= 0.6 is 15.9 Å². The average Bonchev–Trinajstić information content (AvgIpc) is 2.42. The molecule has 2 nitrogen and oxygen atoms in total. The summed E-state index contributed by atoms with van der Waals surface area (Å²) in [4.78, 5) is 0. The molecule has 1 aromatic rings. The van der Waals surface area contributed by atoms with Gasteiger partial charge in [-0.15, -0.1) is 6.58 Å². The van der Waals surface area contributed by atoms with Gasteiger partial charge in [0.15, 0.2) is 0 Å². The van der Waals surface area contributed by atoms with Crippen LogP contribution in [0.25, 0.3) is 0 Å². The van der Waals surface area contributed by atoms with Crippen LogP contribution in [0.2, 0.25) is 0 Å². The van der Waals surface area contributed by atoms with Crippen molar-refractivity contribution in [2.24, 2.45) is 0 Å². The molecule has 19 heavy (non-hydrogen) atoms. The van der Waals surface area contributed by atoms with Gasteiger partial charge in [-0.25, -0.2) is 0 Å². The van der Waals surface area contributed by atoms with Gasteiger partial charge >= 0.3 is 0 Å². The Morgan fingerprint density at radius 2 is 2.16 bits per heavy atom. The molecule has 0 aromatic heterocycles. The van der Waals surface area contributed by atoms with Crippen molar-refractivity contribution in [1.29, 1.82) is 0 Å². The standard InChI is InChI=1S/C16H24BrNO/c1-4-5-6-7-8-11-19-16-12-14(17)9-10-15(16)13(2)18-3/h4,9-10,12-13,18H,1,5-8,11H2,2-3H3. The van der Waals surface area contributed by atoms with Crippen molar-refractivity contribution in [2.45, 2.75) is 38.6 Å². The second-order valence-corrected chi connectivity index (χ2v) is 5.59. The second-order valence-electron chi connectivity index (χ2n) is 4.68. The van der Waals surface area contributed by atoms with E-state index in [2.05, 4.69) is 46.9 Å². The Hall–Kier alpha value is -0.800. The summed E-state index contributed by atoms with van der Waals surface area (Å²) in [6.45, 7) is 6.65. The minimum Gasteiger partial charge on any atom is -0.493 e. The number of nitrogens with one attached hydrogen (secondary N) is 1. The number of hydrogen-bond acceptors (Lipinski definition) is 2. The number of allylic oxidation sites excluding steroid dienone is 1. The molecule has 1 atom stereocenters. The lowest BCUT2D eigenvalue weighted by Gasteiger charge is -2.17. The number of rotatable bonds is 9. The Bertz CT molecular complexity index is 392. The average molecular weight is 326 g/mol. The third-order valence-corrected chi connectivity index (χ3v) is 3.68. The number of hydrogen-bond donors (Lipinski definition) is 1. The molecule has 1 unspecified atom stereocenters. The van der Waals surface area contributed by atoms with Crippen LogP contribution in [0.3, 0.4) is 0 Å². The van der Waals surface area contributed by atoms with Gasteiger partial charge in [-0.1, -0.05) is 28.1 Å². The quantitative estimate of drug-likeness (QED) is 0.517. The smallest absolute Gasteiger partial charge is 0.125 e. The highest BCUT2D eigenvalue weighted by atomic mass is 79.9. The van der Waals surface area contributed by atoms with Crippen molar-refractivity contribution in [3.8, 4) is 5.75 Å². The zero-order chi connectivity index (χ0) is 14.1. The fourth-order valence-corrected chi connectivity index (χ4v) is 2.24. The van der Waals surface area contributed by atoms with Gasteiger partial charge in [0.1, 0.15) is 5.75 Å². The first-order chi connectivity index (χ1) is 9.19. The van der Waals surface area contributed by atoms with E-state index in [1.165, 1.54) is 18.4 Å². The van der Waals surface area contributed by atoms with E-state index in [0.717, 1.165) is 29.7 Å². The predicted molar refractivity (Wildman–Crippen MR) is 85.8 cm³/mol. The molecule has 0 saturated heterocycles. The number of unbranched alkanes of at least 4 members (excludes halogenated alkanes) is 3. The molecule has 0 aliphatic heterocycles. The van der Waals surface area contributed by atoms with E-state index in [1.54, 1.807) is 0 Å². The maximum absolute atomic E-state index is 5.93. The number of halogens is 1. The van der Waals surface area contributed by atoms with Crippen molar-refractivity contribution in [3.63, 3.8) is 0 Å². The topological polar surface area (TPSA) is 21.3 Å². The van der Waals surface area contributed by atoms with Gasteiger partial charge in [0.2, 0.25) is 0 Å². The van der Waals surface area contributed by atoms with Crippen molar-refractivity contribution >= 4 is 15.9 Å². The minimum atomic E-state index is 0.295. The molecule has 0 aliphatic carbocycles. The van der Waals surface area contributed by atoms with Crippen LogP contribution in [0, 0.1) is 0 Å². The van der Waals surface area contributed by atoms with Crippen LogP contribution in [0.15, 0.2) is 35.3 Å². The van der Waals surface area contributed by atoms with Crippen molar-refractivity contribution < 1.29 is 4.74 Å². The third-order valence-electron chi connectivity index (χ3n) is 3.19. The Morgan fingerprint density at radius 1 is 1.37 bits per heavy atom. The van der Waals surface area contributed by atoms with E-state index in [0.29, 0.717) is 6.04 Å². The molecule has 0 saturated carbocycles. The van der Waals surface area contributed by atoms with Gasteiger partial charge in [0.25, 0.3) is 0 Å². The van der Waals surface area contributed by atoms with Gasteiger partial charge in [-0.3, -0.25) is 0 Å². The number of benzene rings is 1. The van der Waals surface area contributed by atoms with E-state index < -0.39 is 0 Å². The molecule has 0 spiro atoms. The second kappa shape index (κ2) is 9.16. The first kappa shape index (κ1) is 16.3. The fraction of sp³-hybridized carbons (Fsp3) is 0.500. The van der Waals surface area contributed by atoms with Crippen LogP contribution in [0.4, 0.5) is 0 Å². The van der Waals surface area contributed by atoms with Crippen LogP contribution in [-0.4, -0.2) is 13.7 Å². The van der Waals surface area contributed by atoms with E-state index in [9.17, 15) is 0 Å². The summed E-state index contributed by atoms with van der Waals surface area (Å²) >= 11 is 3.50. The largest absolute Gasteiger partial charge is 0.493 e. The van der Waals surface area contributed by atoms with Crippen LogP contribution in [0.5, 0.6) is 5.75 Å². The van der Waals surface area contributed by atoms with E-state index >= 15 is 0 Å². The highest BCUT2D eigenvalue weighted by Crippen LogP contribution is 2.28. The van der Waals surface area contributed by atoms with Gasteiger partial charge in [-0.2, -0.15) is 0 Å². The molecular weight excluding hydrogens is 302 g/mol. The first-order valence-electron chi connectivity index (χ1n) is 6.89. The molecule has 0 amide bonds. The molecule has 106 valence electrons. The van der Waals surface area contributed by atoms with Crippen LogP contribution < -0.4 is 10.1 Å². The van der Waals surface area contributed by atoms with E-state index in [4.69, 9.17) is 4.74 Å². The Labute approximate surface area is 125 Å². The number of ether oxygens (including phenoxy) is 1. The van der Waals surface area contributed by atoms with E-state index in [1.807, 2.05) is 19.2 Å². The minimum absolute atomic E-state index is 0.295. The summed E-state index contributed by atoms with van der Waals surface area (Å²) in [6.07, 6.45) is 6.55. The summed E-state index contributed by atoms with van der Waals surface area (Å²) in [7, 11) is 1.96. The molecule has 0 bridgehead atoms. The maximum Gasteiger partial charge on any atom is 0.125 e.